The standard InChI is InChI=1S/C15H23N3OS/c1-4-16-10-13-9-14(19-17-13)11-18(3)12(2)8-15-6-5-7-20-15/h5-7,9,12,16H,4,8,10-11H2,1-3H3. The first-order chi connectivity index (χ1) is 9.69. The largest absolute Gasteiger partial charge is 0.360 e. The number of likely N-dealkylation sites (N-methyl/N-ethyl adjacent to an activating group) is 1. The Hall–Kier alpha value is -1.17. The lowest BCUT2D eigenvalue weighted by atomic mass is 10.2. The molecule has 5 heteroatoms. The van der Waals surface area contributed by atoms with Crippen molar-refractivity contribution < 1.29 is 4.52 Å². The molecular formula is C15H23N3OS. The molecule has 0 radical (unpaired) electrons. The second-order valence-corrected chi connectivity index (χ2v) is 6.14. The quantitative estimate of drug-likeness (QED) is 0.812. The van der Waals surface area contributed by atoms with Crippen LogP contribution in [0.5, 0.6) is 0 Å². The topological polar surface area (TPSA) is 41.3 Å². The van der Waals surface area contributed by atoms with Crippen LogP contribution < -0.4 is 5.32 Å². The highest BCUT2D eigenvalue weighted by Crippen LogP contribution is 2.15. The van der Waals surface area contributed by atoms with Gasteiger partial charge in [0.05, 0.1) is 12.2 Å². The summed E-state index contributed by atoms with van der Waals surface area (Å²) in [6.45, 7) is 6.84. The van der Waals surface area contributed by atoms with E-state index in [0.29, 0.717) is 6.04 Å². The molecule has 1 unspecified atom stereocenters. The van der Waals surface area contributed by atoms with E-state index in [-0.39, 0.29) is 0 Å². The SMILES string of the molecule is CCNCc1cc(CN(C)C(C)Cc2cccs2)on1. The van der Waals surface area contributed by atoms with Crippen LogP contribution in [0.2, 0.25) is 0 Å². The molecule has 2 rings (SSSR count). The Balaban J connectivity index is 1.83. The fourth-order valence-corrected chi connectivity index (χ4v) is 2.87. The molecule has 2 aromatic rings. The van der Waals surface area contributed by atoms with Crippen molar-refractivity contribution in [3.8, 4) is 0 Å². The number of nitrogens with one attached hydrogen (secondary N) is 1. The second kappa shape index (κ2) is 7.57. The van der Waals surface area contributed by atoms with E-state index < -0.39 is 0 Å². The maximum atomic E-state index is 5.39. The molecule has 0 aromatic carbocycles. The molecule has 0 aliphatic heterocycles. The van der Waals surface area contributed by atoms with Crippen molar-refractivity contribution in [1.29, 1.82) is 0 Å². The maximum Gasteiger partial charge on any atom is 0.151 e. The van der Waals surface area contributed by atoms with Crippen molar-refractivity contribution in [2.75, 3.05) is 13.6 Å². The third kappa shape index (κ3) is 4.44. The van der Waals surface area contributed by atoms with Crippen LogP contribution in [-0.4, -0.2) is 29.7 Å². The summed E-state index contributed by atoms with van der Waals surface area (Å²) in [4.78, 5) is 3.73. The molecule has 1 atom stereocenters. The van der Waals surface area contributed by atoms with Gasteiger partial charge in [-0.25, -0.2) is 0 Å². The Morgan fingerprint density at radius 3 is 3.05 bits per heavy atom. The molecule has 0 fully saturated rings. The van der Waals surface area contributed by atoms with Gasteiger partial charge in [0.2, 0.25) is 0 Å². The Morgan fingerprint density at radius 1 is 1.50 bits per heavy atom. The summed E-state index contributed by atoms with van der Waals surface area (Å²) in [7, 11) is 2.13. The first kappa shape index (κ1) is 15.2. The molecule has 0 saturated carbocycles. The predicted molar refractivity (Wildman–Crippen MR) is 82.8 cm³/mol. The van der Waals surface area contributed by atoms with Crippen LogP contribution in [0, 0.1) is 0 Å². The number of nitrogens with zero attached hydrogens (tertiary/aromatic N) is 2. The van der Waals surface area contributed by atoms with Gasteiger partial charge in [-0.05, 0) is 38.4 Å². The number of hydrogen-bond donors (Lipinski definition) is 1. The zero-order valence-corrected chi connectivity index (χ0v) is 13.2. The summed E-state index contributed by atoms with van der Waals surface area (Å²) in [5.41, 5.74) is 0.973. The van der Waals surface area contributed by atoms with Gasteiger partial charge in [0, 0.05) is 23.5 Å². The molecule has 0 aliphatic rings. The molecule has 0 bridgehead atoms. The summed E-state index contributed by atoms with van der Waals surface area (Å²) in [6.07, 6.45) is 1.08. The van der Waals surface area contributed by atoms with Gasteiger partial charge in [0.15, 0.2) is 5.76 Å². The van der Waals surface area contributed by atoms with Crippen molar-refractivity contribution in [3.63, 3.8) is 0 Å². The van der Waals surface area contributed by atoms with Gasteiger partial charge in [-0.3, -0.25) is 4.90 Å². The zero-order chi connectivity index (χ0) is 14.4. The number of hydrogen-bond acceptors (Lipinski definition) is 5. The van der Waals surface area contributed by atoms with Gasteiger partial charge in [-0.1, -0.05) is 18.1 Å². The Morgan fingerprint density at radius 2 is 2.35 bits per heavy atom. The zero-order valence-electron chi connectivity index (χ0n) is 12.4. The van der Waals surface area contributed by atoms with Crippen molar-refractivity contribution in [3.05, 3.63) is 39.9 Å². The third-order valence-corrected chi connectivity index (χ3v) is 4.30. The van der Waals surface area contributed by atoms with Gasteiger partial charge in [-0.2, -0.15) is 0 Å². The van der Waals surface area contributed by atoms with E-state index in [1.807, 2.05) is 17.4 Å². The van der Waals surface area contributed by atoms with E-state index in [1.165, 1.54) is 4.88 Å². The highest BCUT2D eigenvalue weighted by Gasteiger charge is 2.13. The Bertz CT molecular complexity index is 495. The summed E-state index contributed by atoms with van der Waals surface area (Å²) in [5, 5.41) is 9.46. The Labute approximate surface area is 124 Å². The minimum atomic E-state index is 0.482. The third-order valence-electron chi connectivity index (χ3n) is 3.40. The van der Waals surface area contributed by atoms with Crippen LogP contribution in [-0.2, 0) is 19.5 Å². The maximum absolute atomic E-state index is 5.39. The minimum absolute atomic E-state index is 0.482. The fraction of sp³-hybridized carbons (Fsp3) is 0.533. The van der Waals surface area contributed by atoms with Crippen LogP contribution in [0.1, 0.15) is 30.2 Å². The highest BCUT2D eigenvalue weighted by molar-refractivity contribution is 7.09. The lowest BCUT2D eigenvalue weighted by Gasteiger charge is -2.22. The van der Waals surface area contributed by atoms with Crippen molar-refractivity contribution in [2.24, 2.45) is 0 Å². The van der Waals surface area contributed by atoms with Gasteiger partial charge >= 0.3 is 0 Å². The number of thiophene rings is 1. The normalized spacial score (nSPS) is 13.0. The molecule has 0 amide bonds. The monoisotopic (exact) mass is 293 g/mol. The molecule has 1 N–H and O–H groups in total. The van der Waals surface area contributed by atoms with E-state index in [0.717, 1.165) is 37.5 Å². The summed E-state index contributed by atoms with van der Waals surface area (Å²) < 4.78 is 5.39. The van der Waals surface area contributed by atoms with Gasteiger partial charge < -0.3 is 9.84 Å². The number of aromatic nitrogens is 1. The van der Waals surface area contributed by atoms with Crippen molar-refractivity contribution in [1.82, 2.24) is 15.4 Å². The van der Waals surface area contributed by atoms with Gasteiger partial charge in [-0.15, -0.1) is 11.3 Å². The average Bonchev–Trinajstić information content (AvgIpc) is 3.08. The van der Waals surface area contributed by atoms with Crippen LogP contribution in [0.25, 0.3) is 0 Å². The van der Waals surface area contributed by atoms with E-state index in [9.17, 15) is 0 Å². The lowest BCUT2D eigenvalue weighted by molar-refractivity contribution is 0.218. The molecule has 110 valence electrons. The molecule has 20 heavy (non-hydrogen) atoms. The molecule has 2 aromatic heterocycles. The van der Waals surface area contributed by atoms with E-state index in [2.05, 4.69) is 53.8 Å². The fourth-order valence-electron chi connectivity index (χ4n) is 2.04. The lowest BCUT2D eigenvalue weighted by Crippen LogP contribution is -2.30. The van der Waals surface area contributed by atoms with Crippen molar-refractivity contribution in [2.45, 2.75) is 39.4 Å². The van der Waals surface area contributed by atoms with Crippen molar-refractivity contribution >= 4 is 11.3 Å². The molecule has 4 nitrogen and oxygen atoms in total. The smallest absolute Gasteiger partial charge is 0.151 e. The molecule has 0 saturated heterocycles. The van der Waals surface area contributed by atoms with Crippen LogP contribution in [0.3, 0.4) is 0 Å². The summed E-state index contributed by atoms with van der Waals surface area (Å²) in [6, 6.07) is 6.82. The van der Waals surface area contributed by atoms with E-state index >= 15 is 0 Å². The molecular weight excluding hydrogens is 270 g/mol. The van der Waals surface area contributed by atoms with Gasteiger partial charge in [0.1, 0.15) is 0 Å². The number of rotatable bonds is 8. The highest BCUT2D eigenvalue weighted by atomic mass is 32.1. The van der Waals surface area contributed by atoms with Crippen LogP contribution >= 0.6 is 11.3 Å². The molecule has 2 heterocycles. The first-order valence-corrected chi connectivity index (χ1v) is 7.94. The van der Waals surface area contributed by atoms with E-state index in [1.54, 1.807) is 0 Å². The predicted octanol–water partition coefficient (Wildman–Crippen LogP) is 2.91. The molecule has 0 aliphatic carbocycles. The van der Waals surface area contributed by atoms with E-state index in [4.69, 9.17) is 4.52 Å². The van der Waals surface area contributed by atoms with Crippen LogP contribution in [0.15, 0.2) is 28.1 Å². The second-order valence-electron chi connectivity index (χ2n) is 5.11. The molecule has 0 spiro atoms. The average molecular weight is 293 g/mol. The van der Waals surface area contributed by atoms with Gasteiger partial charge in [0.25, 0.3) is 0 Å². The summed E-state index contributed by atoms with van der Waals surface area (Å²) >= 11 is 1.82. The first-order valence-electron chi connectivity index (χ1n) is 7.06. The Kier molecular flexibility index (Phi) is 5.76. The summed E-state index contributed by atoms with van der Waals surface area (Å²) in [5.74, 6) is 0.929. The van der Waals surface area contributed by atoms with Crippen LogP contribution in [0.4, 0.5) is 0 Å². The minimum Gasteiger partial charge on any atom is -0.360 e.